The SMILES string of the molecule is COc1cccc(-c2csc3nc(NC(=O)C4=NNC(=O)CC4)nn23)c1. The van der Waals surface area contributed by atoms with Gasteiger partial charge in [-0.3, -0.25) is 14.9 Å². The van der Waals surface area contributed by atoms with Crippen molar-refractivity contribution < 1.29 is 14.3 Å². The molecule has 26 heavy (non-hydrogen) atoms. The summed E-state index contributed by atoms with van der Waals surface area (Å²) in [4.78, 5) is 28.3. The van der Waals surface area contributed by atoms with Crippen LogP contribution >= 0.6 is 11.3 Å². The van der Waals surface area contributed by atoms with Gasteiger partial charge >= 0.3 is 0 Å². The normalized spacial score (nSPS) is 14.0. The number of nitrogens with zero attached hydrogens (tertiary/aromatic N) is 4. The van der Waals surface area contributed by atoms with E-state index in [2.05, 4.69) is 25.9 Å². The van der Waals surface area contributed by atoms with E-state index in [9.17, 15) is 9.59 Å². The standard InChI is InChI=1S/C16H14N6O3S/c1-25-10-4-2-3-9(7-10)12-8-26-16-18-15(21-22(12)16)17-14(24)11-5-6-13(23)20-19-11/h2-4,7-8H,5-6H2,1H3,(H,20,23)(H,17,21,24). The molecule has 2 amide bonds. The number of benzene rings is 1. The Balaban J connectivity index is 1.60. The first-order chi connectivity index (χ1) is 12.6. The largest absolute Gasteiger partial charge is 0.497 e. The number of methoxy groups -OCH3 is 1. The molecule has 2 aromatic heterocycles. The molecule has 4 rings (SSSR count). The summed E-state index contributed by atoms with van der Waals surface area (Å²) in [5, 5.41) is 12.7. The summed E-state index contributed by atoms with van der Waals surface area (Å²) in [5.74, 6) is 0.301. The molecule has 0 atom stereocenters. The molecule has 1 aliphatic rings. The molecule has 2 N–H and O–H groups in total. The van der Waals surface area contributed by atoms with Crippen molar-refractivity contribution in [3.8, 4) is 17.0 Å². The van der Waals surface area contributed by atoms with Crippen LogP contribution in [0.15, 0.2) is 34.7 Å². The Morgan fingerprint density at radius 2 is 2.27 bits per heavy atom. The van der Waals surface area contributed by atoms with Gasteiger partial charge in [-0.2, -0.15) is 10.1 Å². The van der Waals surface area contributed by atoms with E-state index < -0.39 is 5.91 Å². The third kappa shape index (κ3) is 3.02. The minimum atomic E-state index is -0.425. The number of amides is 2. The first-order valence-corrected chi connectivity index (χ1v) is 8.67. The number of fused-ring (bicyclic) bond motifs is 1. The van der Waals surface area contributed by atoms with Gasteiger partial charge in [0.2, 0.25) is 10.9 Å². The molecular formula is C16H14N6O3S. The number of hydrogen-bond donors (Lipinski definition) is 2. The monoisotopic (exact) mass is 370 g/mol. The van der Waals surface area contributed by atoms with Gasteiger partial charge in [0.05, 0.1) is 12.8 Å². The Morgan fingerprint density at radius 1 is 1.38 bits per heavy atom. The average molecular weight is 370 g/mol. The van der Waals surface area contributed by atoms with Crippen LogP contribution in [0.1, 0.15) is 12.8 Å². The third-order valence-electron chi connectivity index (χ3n) is 3.84. The molecule has 0 saturated carbocycles. The van der Waals surface area contributed by atoms with Crippen LogP contribution in [0, 0.1) is 0 Å². The molecule has 1 aliphatic heterocycles. The predicted molar refractivity (Wildman–Crippen MR) is 96.3 cm³/mol. The Hall–Kier alpha value is -3.27. The van der Waals surface area contributed by atoms with Gasteiger partial charge in [-0.05, 0) is 12.1 Å². The van der Waals surface area contributed by atoms with Crippen LogP contribution in [0.4, 0.5) is 5.95 Å². The van der Waals surface area contributed by atoms with Crippen molar-refractivity contribution in [3.05, 3.63) is 29.6 Å². The lowest BCUT2D eigenvalue weighted by atomic mass is 10.2. The van der Waals surface area contributed by atoms with Crippen LogP contribution < -0.4 is 15.5 Å². The summed E-state index contributed by atoms with van der Waals surface area (Å²) in [7, 11) is 1.61. The Bertz CT molecular complexity index is 1040. The molecule has 0 spiro atoms. The summed E-state index contributed by atoms with van der Waals surface area (Å²) < 4.78 is 6.92. The number of anilines is 1. The molecule has 0 bridgehead atoms. The smallest absolute Gasteiger partial charge is 0.274 e. The summed E-state index contributed by atoms with van der Waals surface area (Å²) in [6, 6.07) is 7.61. The van der Waals surface area contributed by atoms with Gasteiger partial charge in [-0.1, -0.05) is 12.1 Å². The van der Waals surface area contributed by atoms with E-state index in [1.54, 1.807) is 11.6 Å². The lowest BCUT2D eigenvalue weighted by Gasteiger charge is -2.10. The van der Waals surface area contributed by atoms with Gasteiger partial charge in [0.25, 0.3) is 11.9 Å². The van der Waals surface area contributed by atoms with Crippen LogP contribution in [0.3, 0.4) is 0 Å². The van der Waals surface area contributed by atoms with Crippen LogP contribution in [0.5, 0.6) is 5.75 Å². The number of hydrogen-bond acceptors (Lipinski definition) is 7. The molecule has 0 radical (unpaired) electrons. The Kier molecular flexibility index (Phi) is 4.09. The van der Waals surface area contributed by atoms with Gasteiger partial charge in [-0.15, -0.1) is 16.4 Å². The highest BCUT2D eigenvalue weighted by molar-refractivity contribution is 7.15. The summed E-state index contributed by atoms with van der Waals surface area (Å²) in [5.41, 5.74) is 4.32. The van der Waals surface area contributed by atoms with Crippen LogP contribution in [0.2, 0.25) is 0 Å². The first-order valence-electron chi connectivity index (χ1n) is 7.79. The molecule has 0 aliphatic carbocycles. The van der Waals surface area contributed by atoms with Crippen molar-refractivity contribution in [1.29, 1.82) is 0 Å². The number of ether oxygens (including phenoxy) is 1. The van der Waals surface area contributed by atoms with Gasteiger partial charge in [0.1, 0.15) is 11.5 Å². The maximum absolute atomic E-state index is 12.2. The first kappa shape index (κ1) is 16.2. The maximum Gasteiger partial charge on any atom is 0.274 e. The minimum absolute atomic E-state index is 0.186. The molecule has 3 heterocycles. The van der Waals surface area contributed by atoms with E-state index in [1.165, 1.54) is 11.3 Å². The minimum Gasteiger partial charge on any atom is -0.497 e. The van der Waals surface area contributed by atoms with Gasteiger partial charge in [-0.25, -0.2) is 9.94 Å². The number of thiazole rings is 1. The molecule has 0 saturated heterocycles. The maximum atomic E-state index is 12.2. The van der Waals surface area contributed by atoms with Crippen molar-refractivity contribution >= 4 is 39.8 Å². The number of carbonyl (C=O) groups excluding carboxylic acids is 2. The number of nitrogens with one attached hydrogen (secondary N) is 2. The third-order valence-corrected chi connectivity index (χ3v) is 4.66. The second kappa shape index (κ2) is 6.56. The summed E-state index contributed by atoms with van der Waals surface area (Å²) in [6.45, 7) is 0. The highest BCUT2D eigenvalue weighted by atomic mass is 32.1. The van der Waals surface area contributed by atoms with Gasteiger partial charge < -0.3 is 4.74 Å². The number of carbonyl (C=O) groups is 2. The van der Waals surface area contributed by atoms with E-state index in [0.29, 0.717) is 4.96 Å². The van der Waals surface area contributed by atoms with Crippen molar-refractivity contribution in [2.24, 2.45) is 5.10 Å². The van der Waals surface area contributed by atoms with E-state index in [1.807, 2.05) is 29.6 Å². The van der Waals surface area contributed by atoms with Crippen LogP contribution in [-0.2, 0) is 9.59 Å². The molecule has 132 valence electrons. The lowest BCUT2D eigenvalue weighted by Crippen LogP contribution is -2.33. The molecule has 10 heteroatoms. The highest BCUT2D eigenvalue weighted by Crippen LogP contribution is 2.28. The highest BCUT2D eigenvalue weighted by Gasteiger charge is 2.20. The van der Waals surface area contributed by atoms with Crippen molar-refractivity contribution in [1.82, 2.24) is 20.0 Å². The zero-order valence-electron chi connectivity index (χ0n) is 13.7. The van der Waals surface area contributed by atoms with E-state index in [-0.39, 0.29) is 30.4 Å². The van der Waals surface area contributed by atoms with E-state index in [0.717, 1.165) is 17.0 Å². The zero-order valence-corrected chi connectivity index (χ0v) is 14.5. The topological polar surface area (TPSA) is 110 Å². The average Bonchev–Trinajstić information content (AvgIpc) is 3.22. The molecular weight excluding hydrogens is 356 g/mol. The van der Waals surface area contributed by atoms with Crippen LogP contribution in [-0.4, -0.2) is 39.2 Å². The van der Waals surface area contributed by atoms with Crippen molar-refractivity contribution in [3.63, 3.8) is 0 Å². The number of hydrazone groups is 1. The molecule has 0 fully saturated rings. The molecule has 9 nitrogen and oxygen atoms in total. The fourth-order valence-electron chi connectivity index (χ4n) is 2.53. The predicted octanol–water partition coefficient (Wildman–Crippen LogP) is 1.67. The van der Waals surface area contributed by atoms with Crippen LogP contribution in [0.25, 0.3) is 16.2 Å². The fraction of sp³-hybridized carbons (Fsp3) is 0.188. The molecule has 0 unspecified atom stereocenters. The number of rotatable bonds is 4. The Labute approximate surface area is 151 Å². The lowest BCUT2D eigenvalue weighted by molar-refractivity contribution is -0.121. The molecule has 1 aromatic carbocycles. The van der Waals surface area contributed by atoms with Crippen molar-refractivity contribution in [2.45, 2.75) is 12.8 Å². The van der Waals surface area contributed by atoms with Gasteiger partial charge in [0.15, 0.2) is 0 Å². The second-order valence-electron chi connectivity index (χ2n) is 5.53. The zero-order chi connectivity index (χ0) is 18.1. The second-order valence-corrected chi connectivity index (χ2v) is 6.37. The van der Waals surface area contributed by atoms with E-state index >= 15 is 0 Å². The summed E-state index contributed by atoms with van der Waals surface area (Å²) in [6.07, 6.45) is 0.521. The quantitative estimate of drug-likeness (QED) is 0.726. The van der Waals surface area contributed by atoms with Crippen molar-refractivity contribution in [2.75, 3.05) is 12.4 Å². The van der Waals surface area contributed by atoms with E-state index in [4.69, 9.17) is 4.74 Å². The number of aromatic nitrogens is 3. The fourth-order valence-corrected chi connectivity index (χ4v) is 3.36. The Morgan fingerprint density at radius 3 is 3.04 bits per heavy atom. The summed E-state index contributed by atoms with van der Waals surface area (Å²) >= 11 is 1.42. The van der Waals surface area contributed by atoms with Gasteiger partial charge in [0, 0.05) is 23.8 Å². The molecule has 3 aromatic rings.